The van der Waals surface area contributed by atoms with Crippen molar-refractivity contribution in [3.63, 3.8) is 0 Å². The molecule has 3 fully saturated rings. The maximum Gasteiger partial charge on any atom is 0.343 e. The summed E-state index contributed by atoms with van der Waals surface area (Å²) < 4.78 is 68.1. The molecule has 3 saturated heterocycles. The zero-order valence-electron chi connectivity index (χ0n) is 49.8. The van der Waals surface area contributed by atoms with Gasteiger partial charge in [0.25, 0.3) is 0 Å². The number of aromatic nitrogens is 1. The van der Waals surface area contributed by atoms with E-state index >= 15 is 0 Å². The van der Waals surface area contributed by atoms with Gasteiger partial charge in [-0.3, -0.25) is 0 Å². The number of hydrogen-bond acceptors (Lipinski definition) is 17. The summed E-state index contributed by atoms with van der Waals surface area (Å²) in [6, 6.07) is 25.5. The van der Waals surface area contributed by atoms with Gasteiger partial charge in [-0.1, -0.05) is 36.5 Å². The largest absolute Gasteiger partial charge is 0.488 e. The number of epoxide rings is 3. The second kappa shape index (κ2) is 25.9. The number of carbonyl (C=O) groups excluding carboxylic acids is 2. The van der Waals surface area contributed by atoms with E-state index in [9.17, 15) is 9.59 Å². The van der Waals surface area contributed by atoms with E-state index in [0.29, 0.717) is 87.0 Å². The number of hydrazone groups is 1. The minimum absolute atomic E-state index is 0.0771. The maximum atomic E-state index is 14.5. The summed E-state index contributed by atoms with van der Waals surface area (Å²) in [6.07, 6.45) is 5.89. The van der Waals surface area contributed by atoms with Crippen LogP contribution < -0.4 is 24.0 Å². The van der Waals surface area contributed by atoms with Crippen LogP contribution in [0.5, 0.6) is 23.0 Å². The molecule has 5 aromatic rings. The van der Waals surface area contributed by atoms with E-state index in [1.807, 2.05) is 89.9 Å². The Morgan fingerprint density at radius 1 is 0.654 bits per heavy atom. The van der Waals surface area contributed by atoms with Crippen LogP contribution in [0.15, 0.2) is 90.0 Å². The highest BCUT2D eigenvalue weighted by Gasteiger charge is 2.40. The highest BCUT2D eigenvalue weighted by molar-refractivity contribution is 7.22. The molecule has 4 heterocycles. The molecule has 16 nitrogen and oxygen atoms in total. The molecule has 440 valence electrons. The van der Waals surface area contributed by atoms with Crippen molar-refractivity contribution in [2.45, 2.75) is 180 Å². The van der Waals surface area contributed by atoms with Gasteiger partial charge in [0.1, 0.15) is 46.6 Å². The van der Waals surface area contributed by atoms with Gasteiger partial charge in [-0.05, 0) is 175 Å². The van der Waals surface area contributed by atoms with Crippen LogP contribution in [0, 0.1) is 0 Å². The van der Waals surface area contributed by atoms with E-state index in [4.69, 9.17) is 62.2 Å². The first-order valence-corrected chi connectivity index (χ1v) is 29.3. The predicted molar refractivity (Wildman–Crippen MR) is 315 cm³/mol. The van der Waals surface area contributed by atoms with E-state index in [0.717, 1.165) is 47.0 Å². The van der Waals surface area contributed by atoms with E-state index < -0.39 is 45.5 Å². The van der Waals surface area contributed by atoms with Crippen molar-refractivity contribution in [2.75, 3.05) is 57.8 Å². The van der Waals surface area contributed by atoms with Crippen molar-refractivity contribution in [1.29, 1.82) is 0 Å². The van der Waals surface area contributed by atoms with E-state index in [1.54, 1.807) is 66.1 Å². The zero-order valence-corrected chi connectivity index (χ0v) is 50.7. The molecular formula is C64H85N3O13S. The standard InChI is InChI=1S/C64H85N3O13S/c1-14-30-67(58-66-51-17-15-16-18-55(51)81-58)65-34-46-32-43(27-31-70-56(68)44-20-23-47(24-21-44)78-62(9,10)41-61(7,8)75-39-49-36-72-49)19-25-52(46)77-57(69)45-22-26-53(79-59(2,3)4)54(33-45)80-63(11,12)42-64(13,76-40-50-37-73-50)29-28-60(5,6)74-38-48-35-71-48/h15-26,32-34,48-50H,14,27-31,35-42H2,1-13H3/b65-34+. The van der Waals surface area contributed by atoms with Gasteiger partial charge in [-0.2, -0.15) is 5.10 Å². The Labute approximate surface area is 483 Å². The summed E-state index contributed by atoms with van der Waals surface area (Å²) in [7, 11) is 0. The van der Waals surface area contributed by atoms with E-state index in [-0.39, 0.29) is 36.2 Å². The number of esters is 2. The minimum Gasteiger partial charge on any atom is -0.488 e. The summed E-state index contributed by atoms with van der Waals surface area (Å²) in [6.45, 7) is 30.9. The van der Waals surface area contributed by atoms with Crippen molar-refractivity contribution < 1.29 is 61.7 Å². The molecule has 81 heavy (non-hydrogen) atoms. The fraction of sp³-hybridized carbons (Fsp3) is 0.562. The highest BCUT2D eigenvalue weighted by Crippen LogP contribution is 2.40. The van der Waals surface area contributed by atoms with Crippen LogP contribution in [0.3, 0.4) is 0 Å². The summed E-state index contributed by atoms with van der Waals surface area (Å²) in [4.78, 5) is 32.7. The molecule has 0 bridgehead atoms. The average molecular weight is 1140 g/mol. The van der Waals surface area contributed by atoms with Crippen molar-refractivity contribution in [1.82, 2.24) is 4.98 Å². The lowest BCUT2D eigenvalue weighted by Gasteiger charge is -2.40. The Bertz CT molecular complexity index is 2900. The maximum absolute atomic E-state index is 14.5. The fourth-order valence-corrected chi connectivity index (χ4v) is 10.6. The van der Waals surface area contributed by atoms with Crippen molar-refractivity contribution in [3.05, 3.63) is 107 Å². The monoisotopic (exact) mass is 1140 g/mol. The number of fused-ring (bicyclic) bond motifs is 1. The molecule has 0 radical (unpaired) electrons. The van der Waals surface area contributed by atoms with Gasteiger partial charge >= 0.3 is 11.9 Å². The molecule has 8 rings (SSSR count). The van der Waals surface area contributed by atoms with Crippen molar-refractivity contribution in [3.8, 4) is 23.0 Å². The second-order valence-corrected chi connectivity index (χ2v) is 26.2. The SMILES string of the molecule is CCCN(/N=C/c1cc(CCOC(=O)c2ccc(OC(C)(C)CC(C)(C)OCC3CO3)cc2)ccc1OC(=O)c1ccc(OC(C)(C)C)c(OC(C)(C)CC(C)(CCC(C)(C)OCC2CO2)OCC2CO2)c1)c1nc2ccccc2s1. The Kier molecular flexibility index (Phi) is 19.6. The lowest BCUT2D eigenvalue weighted by molar-refractivity contribution is -0.103. The smallest absolute Gasteiger partial charge is 0.343 e. The number of ether oxygens (including phenoxy) is 11. The van der Waals surface area contributed by atoms with Gasteiger partial charge in [0.05, 0.1) is 90.6 Å². The molecule has 4 aromatic carbocycles. The van der Waals surface area contributed by atoms with E-state index in [2.05, 4.69) is 41.5 Å². The number of carbonyl (C=O) groups is 2. The Balaban J connectivity index is 0.981. The lowest BCUT2D eigenvalue weighted by atomic mass is 9.84. The molecule has 4 atom stereocenters. The van der Waals surface area contributed by atoms with Crippen LogP contribution in [0.2, 0.25) is 0 Å². The molecule has 0 aliphatic carbocycles. The third-order valence-corrected chi connectivity index (χ3v) is 14.7. The van der Waals surface area contributed by atoms with Gasteiger partial charge in [0, 0.05) is 31.4 Å². The second-order valence-electron chi connectivity index (χ2n) is 25.2. The van der Waals surface area contributed by atoms with Crippen LogP contribution in [0.25, 0.3) is 10.2 Å². The Hall–Kier alpha value is -5.66. The molecular weight excluding hydrogens is 1050 g/mol. The molecule has 0 amide bonds. The first-order chi connectivity index (χ1) is 38.2. The molecule has 0 saturated carbocycles. The van der Waals surface area contributed by atoms with Crippen LogP contribution in [-0.4, -0.2) is 128 Å². The third-order valence-electron chi connectivity index (χ3n) is 13.7. The number of anilines is 1. The summed E-state index contributed by atoms with van der Waals surface area (Å²) >= 11 is 1.55. The fourth-order valence-electron chi connectivity index (χ4n) is 9.69. The van der Waals surface area contributed by atoms with Crippen LogP contribution in [0.1, 0.15) is 154 Å². The van der Waals surface area contributed by atoms with Gasteiger partial charge < -0.3 is 52.1 Å². The van der Waals surface area contributed by atoms with Crippen LogP contribution >= 0.6 is 11.3 Å². The summed E-state index contributed by atoms with van der Waals surface area (Å²) in [5, 5.41) is 7.53. The van der Waals surface area contributed by atoms with Gasteiger partial charge in [0.2, 0.25) is 5.13 Å². The summed E-state index contributed by atoms with van der Waals surface area (Å²) in [5.74, 6) is 0.710. The molecule has 1 aromatic heterocycles. The van der Waals surface area contributed by atoms with E-state index in [1.165, 1.54) is 0 Å². The molecule has 0 N–H and O–H groups in total. The Morgan fingerprint density at radius 2 is 1.27 bits per heavy atom. The molecule has 4 unspecified atom stereocenters. The van der Waals surface area contributed by atoms with Gasteiger partial charge in [-0.15, -0.1) is 0 Å². The van der Waals surface area contributed by atoms with Gasteiger partial charge in [-0.25, -0.2) is 19.6 Å². The molecule has 3 aliphatic heterocycles. The quantitative estimate of drug-likeness (QED) is 0.0131. The molecule has 17 heteroatoms. The van der Waals surface area contributed by atoms with Crippen LogP contribution in [0.4, 0.5) is 5.13 Å². The minimum atomic E-state index is -0.803. The van der Waals surface area contributed by atoms with Crippen LogP contribution in [-0.2, 0) is 39.6 Å². The number of hydrogen-bond donors (Lipinski definition) is 0. The zero-order chi connectivity index (χ0) is 58.2. The lowest BCUT2D eigenvalue weighted by Crippen LogP contribution is -2.43. The van der Waals surface area contributed by atoms with Gasteiger partial charge in [0.15, 0.2) is 11.5 Å². The number of nitrogens with zero attached hydrogens (tertiary/aromatic N) is 3. The van der Waals surface area contributed by atoms with Crippen molar-refractivity contribution in [2.24, 2.45) is 5.10 Å². The normalized spacial score (nSPS) is 18.1. The topological polar surface area (TPSA) is 174 Å². The highest BCUT2D eigenvalue weighted by atomic mass is 32.1. The third kappa shape index (κ3) is 19.8. The first kappa shape index (κ1) is 61.4. The number of para-hydroxylation sites is 1. The molecule has 0 spiro atoms. The predicted octanol–water partition coefficient (Wildman–Crippen LogP) is 12.8. The average Bonchev–Trinajstić information content (AvgIpc) is 4.29. The number of benzene rings is 4. The Morgan fingerprint density at radius 3 is 1.91 bits per heavy atom. The molecule has 3 aliphatic rings. The number of rotatable bonds is 32. The summed E-state index contributed by atoms with van der Waals surface area (Å²) in [5.41, 5.74) is -0.426. The van der Waals surface area contributed by atoms with Crippen molar-refractivity contribution >= 4 is 44.8 Å². The first-order valence-electron chi connectivity index (χ1n) is 28.5. The number of thiazole rings is 1.